The van der Waals surface area contributed by atoms with Crippen molar-refractivity contribution in [1.29, 1.82) is 0 Å². The fourth-order valence-corrected chi connectivity index (χ4v) is 4.78. The fraction of sp³-hybridized carbons (Fsp3) is 0.429. The minimum absolute atomic E-state index is 0.0550. The number of aromatic nitrogens is 2. The normalized spacial score (nSPS) is 19.5. The van der Waals surface area contributed by atoms with Crippen LogP contribution in [-0.4, -0.2) is 40.4 Å². The molecule has 0 spiro atoms. The molecule has 1 aliphatic rings. The Hall–Kier alpha value is -2.13. The van der Waals surface area contributed by atoms with Gasteiger partial charge < -0.3 is 5.73 Å². The summed E-state index contributed by atoms with van der Waals surface area (Å²) < 4.78 is 29.6. The first-order chi connectivity index (χ1) is 10.7. The second-order valence-electron chi connectivity index (χ2n) is 5.73. The molecule has 9 heteroatoms. The number of imidazole rings is 1. The summed E-state index contributed by atoms with van der Waals surface area (Å²) in [4.78, 5) is 23.5. The Labute approximate surface area is 133 Å². The second kappa shape index (κ2) is 5.20. The van der Waals surface area contributed by atoms with Crippen LogP contribution < -0.4 is 11.4 Å². The summed E-state index contributed by atoms with van der Waals surface area (Å²) in [7, 11) is -0.623. The quantitative estimate of drug-likeness (QED) is 0.815. The van der Waals surface area contributed by atoms with Crippen molar-refractivity contribution in [3.8, 4) is 0 Å². The van der Waals surface area contributed by atoms with Crippen LogP contribution in [0.25, 0.3) is 11.0 Å². The van der Waals surface area contributed by atoms with Crippen molar-refractivity contribution in [2.75, 3.05) is 6.54 Å². The lowest BCUT2D eigenvalue weighted by Gasteiger charge is -2.21. The predicted octanol–water partition coefficient (Wildman–Crippen LogP) is -0.485. The zero-order valence-electron chi connectivity index (χ0n) is 12.9. The first-order valence-corrected chi connectivity index (χ1v) is 8.66. The van der Waals surface area contributed by atoms with Crippen molar-refractivity contribution in [2.24, 2.45) is 19.8 Å². The van der Waals surface area contributed by atoms with Crippen LogP contribution in [-0.2, 0) is 28.9 Å². The summed E-state index contributed by atoms with van der Waals surface area (Å²) in [5, 5.41) is 0. The molecular weight excluding hydrogens is 320 g/mol. The molecule has 8 nitrogen and oxygen atoms in total. The first-order valence-electron chi connectivity index (χ1n) is 7.22. The van der Waals surface area contributed by atoms with Gasteiger partial charge >= 0.3 is 5.69 Å². The number of nitrogens with zero attached hydrogens (tertiary/aromatic N) is 3. The number of hydrogen-bond donors (Lipinski definition) is 1. The number of nitrogens with two attached hydrogens (primary N) is 1. The number of benzene rings is 1. The average molecular weight is 338 g/mol. The summed E-state index contributed by atoms with van der Waals surface area (Å²) in [6, 6.07) is 3.70. The van der Waals surface area contributed by atoms with Gasteiger partial charge in [0.15, 0.2) is 0 Å². The molecule has 2 aromatic rings. The van der Waals surface area contributed by atoms with Gasteiger partial charge in [-0.2, -0.15) is 4.31 Å². The maximum Gasteiger partial charge on any atom is 0.328 e. The van der Waals surface area contributed by atoms with E-state index in [4.69, 9.17) is 5.73 Å². The van der Waals surface area contributed by atoms with Gasteiger partial charge in [-0.1, -0.05) is 0 Å². The molecule has 1 aliphatic heterocycles. The third-order valence-corrected chi connectivity index (χ3v) is 6.29. The van der Waals surface area contributed by atoms with Crippen molar-refractivity contribution < 1.29 is 13.2 Å². The summed E-state index contributed by atoms with van der Waals surface area (Å²) in [6.07, 6.45) is 1.03. The van der Waals surface area contributed by atoms with Crippen LogP contribution in [0.1, 0.15) is 12.8 Å². The van der Waals surface area contributed by atoms with E-state index in [0.717, 1.165) is 4.31 Å². The van der Waals surface area contributed by atoms with Crippen LogP contribution >= 0.6 is 0 Å². The number of aryl methyl sites for hydroxylation is 2. The van der Waals surface area contributed by atoms with Crippen LogP contribution in [0.2, 0.25) is 0 Å². The zero-order valence-corrected chi connectivity index (χ0v) is 13.7. The lowest BCUT2D eigenvalue weighted by atomic mass is 10.2. The van der Waals surface area contributed by atoms with Gasteiger partial charge in [0.2, 0.25) is 15.9 Å². The van der Waals surface area contributed by atoms with E-state index in [1.165, 1.54) is 21.3 Å². The lowest BCUT2D eigenvalue weighted by molar-refractivity contribution is -0.121. The highest BCUT2D eigenvalue weighted by Crippen LogP contribution is 2.27. The Morgan fingerprint density at radius 1 is 1.22 bits per heavy atom. The number of carbonyl (C=O) groups excluding carboxylic acids is 1. The third kappa shape index (κ3) is 2.27. The summed E-state index contributed by atoms with van der Waals surface area (Å²) >= 11 is 0. The molecule has 2 heterocycles. The van der Waals surface area contributed by atoms with E-state index in [0.29, 0.717) is 23.9 Å². The van der Waals surface area contributed by atoms with Crippen molar-refractivity contribution in [2.45, 2.75) is 23.8 Å². The highest BCUT2D eigenvalue weighted by atomic mass is 32.2. The van der Waals surface area contributed by atoms with Crippen molar-refractivity contribution in [1.82, 2.24) is 13.4 Å². The molecule has 1 aromatic carbocycles. The Balaban J connectivity index is 2.14. The molecular formula is C14H18N4O4S. The number of fused-ring (bicyclic) bond motifs is 1. The van der Waals surface area contributed by atoms with Crippen molar-refractivity contribution >= 4 is 27.0 Å². The Morgan fingerprint density at radius 3 is 2.52 bits per heavy atom. The van der Waals surface area contributed by atoms with E-state index in [-0.39, 0.29) is 17.1 Å². The van der Waals surface area contributed by atoms with Crippen molar-refractivity contribution in [3.63, 3.8) is 0 Å². The molecule has 1 fully saturated rings. The molecule has 23 heavy (non-hydrogen) atoms. The number of sulfonamides is 1. The summed E-state index contributed by atoms with van der Waals surface area (Å²) in [5.41, 5.74) is 6.24. The van der Waals surface area contributed by atoms with Gasteiger partial charge in [-0.15, -0.1) is 0 Å². The molecule has 3 rings (SSSR count). The Bertz CT molecular complexity index is 957. The minimum atomic E-state index is -3.84. The highest BCUT2D eigenvalue weighted by Gasteiger charge is 2.38. The number of primary amides is 1. The monoisotopic (exact) mass is 338 g/mol. The zero-order chi connectivity index (χ0) is 16.9. The molecule has 0 radical (unpaired) electrons. The number of hydrogen-bond acceptors (Lipinski definition) is 4. The van der Waals surface area contributed by atoms with Crippen LogP contribution in [0.3, 0.4) is 0 Å². The van der Waals surface area contributed by atoms with Crippen LogP contribution in [0.15, 0.2) is 27.9 Å². The third-order valence-electron chi connectivity index (χ3n) is 4.38. The largest absolute Gasteiger partial charge is 0.368 e. The van der Waals surface area contributed by atoms with Gasteiger partial charge in [0.1, 0.15) is 6.04 Å². The SMILES string of the molecule is Cn1c(=O)n(C)c2cc(S(=O)(=O)N3CCC[C@@H]3C(N)=O)ccc21. The maximum atomic E-state index is 12.8. The highest BCUT2D eigenvalue weighted by molar-refractivity contribution is 7.89. The van der Waals surface area contributed by atoms with Crippen LogP contribution in [0.5, 0.6) is 0 Å². The molecule has 2 N–H and O–H groups in total. The molecule has 1 aromatic heterocycles. The first kappa shape index (κ1) is 15.8. The molecule has 1 amide bonds. The summed E-state index contributed by atoms with van der Waals surface area (Å²) in [6.45, 7) is 0.266. The molecule has 0 unspecified atom stereocenters. The van der Waals surface area contributed by atoms with Crippen molar-refractivity contribution in [3.05, 3.63) is 28.7 Å². The van der Waals surface area contributed by atoms with E-state index in [1.807, 2.05) is 0 Å². The van der Waals surface area contributed by atoms with E-state index in [9.17, 15) is 18.0 Å². The Morgan fingerprint density at radius 2 is 1.87 bits per heavy atom. The molecule has 0 aliphatic carbocycles. The van der Waals surface area contributed by atoms with E-state index in [1.54, 1.807) is 20.2 Å². The molecule has 0 bridgehead atoms. The van der Waals surface area contributed by atoms with Gasteiger partial charge in [0.25, 0.3) is 0 Å². The van der Waals surface area contributed by atoms with Crippen LogP contribution in [0, 0.1) is 0 Å². The number of rotatable bonds is 3. The molecule has 1 atom stereocenters. The van der Waals surface area contributed by atoms with Gasteiger partial charge in [-0.05, 0) is 31.0 Å². The van der Waals surface area contributed by atoms with E-state index >= 15 is 0 Å². The standard InChI is InChI=1S/C14H18N4O4S/c1-16-10-6-5-9(8-12(10)17(2)14(16)20)23(21,22)18-7-3-4-11(18)13(15)19/h5-6,8,11H,3-4,7H2,1-2H3,(H2,15,19)/t11-/m1/s1. The molecule has 0 saturated carbocycles. The van der Waals surface area contributed by atoms with E-state index in [2.05, 4.69) is 0 Å². The Kier molecular flexibility index (Phi) is 3.56. The van der Waals surface area contributed by atoms with Gasteiger partial charge in [-0.25, -0.2) is 13.2 Å². The smallest absolute Gasteiger partial charge is 0.328 e. The van der Waals surface area contributed by atoms with E-state index < -0.39 is 22.0 Å². The molecule has 1 saturated heterocycles. The predicted molar refractivity (Wildman–Crippen MR) is 84.3 cm³/mol. The molecule has 124 valence electrons. The van der Waals surface area contributed by atoms with Gasteiger partial charge in [-0.3, -0.25) is 13.9 Å². The lowest BCUT2D eigenvalue weighted by Crippen LogP contribution is -2.43. The second-order valence-corrected chi connectivity index (χ2v) is 7.62. The van der Waals surface area contributed by atoms with Crippen LogP contribution in [0.4, 0.5) is 0 Å². The number of amides is 1. The topological polar surface area (TPSA) is 107 Å². The average Bonchev–Trinajstić information content (AvgIpc) is 3.09. The maximum absolute atomic E-state index is 12.8. The number of carbonyl (C=O) groups is 1. The summed E-state index contributed by atoms with van der Waals surface area (Å²) in [5.74, 6) is -0.640. The van der Waals surface area contributed by atoms with Gasteiger partial charge in [0.05, 0.1) is 15.9 Å². The minimum Gasteiger partial charge on any atom is -0.368 e. The fourth-order valence-electron chi connectivity index (χ4n) is 3.09. The van der Waals surface area contributed by atoms with Gasteiger partial charge in [0, 0.05) is 20.6 Å².